The van der Waals surface area contributed by atoms with E-state index in [-0.39, 0.29) is 18.3 Å². The molecule has 5 nitrogen and oxygen atoms in total. The Morgan fingerprint density at radius 3 is 2.04 bits per heavy atom. The molecule has 2 atom stereocenters. The molecule has 2 aromatic carbocycles. The van der Waals surface area contributed by atoms with Gasteiger partial charge in [-0.3, -0.25) is 9.59 Å². The van der Waals surface area contributed by atoms with Crippen molar-refractivity contribution in [2.45, 2.75) is 39.2 Å². The lowest BCUT2D eigenvalue weighted by atomic mass is 9.95. The van der Waals surface area contributed by atoms with E-state index in [1.165, 1.54) is 6.92 Å². The van der Waals surface area contributed by atoms with E-state index >= 15 is 0 Å². The number of ether oxygens (including phenoxy) is 2. The molecule has 0 saturated heterocycles. The highest BCUT2D eigenvalue weighted by Gasteiger charge is 2.31. The molecule has 2 rings (SSSR count). The van der Waals surface area contributed by atoms with Crippen molar-refractivity contribution in [3.05, 3.63) is 59.7 Å². The zero-order chi connectivity index (χ0) is 20.0. The van der Waals surface area contributed by atoms with E-state index in [9.17, 15) is 14.7 Å². The van der Waals surface area contributed by atoms with Crippen molar-refractivity contribution in [3.63, 3.8) is 0 Å². The van der Waals surface area contributed by atoms with Gasteiger partial charge in [0.25, 0.3) is 0 Å². The van der Waals surface area contributed by atoms with E-state index in [4.69, 9.17) is 9.47 Å². The van der Waals surface area contributed by atoms with Gasteiger partial charge in [-0.2, -0.15) is 0 Å². The van der Waals surface area contributed by atoms with Crippen molar-refractivity contribution in [2.75, 3.05) is 13.2 Å². The Bertz CT molecular complexity index is 775. The second-order valence-electron chi connectivity index (χ2n) is 6.77. The van der Waals surface area contributed by atoms with E-state index < -0.39 is 11.4 Å². The van der Waals surface area contributed by atoms with Gasteiger partial charge in [0.05, 0.1) is 6.61 Å². The first kappa shape index (κ1) is 20.8. The van der Waals surface area contributed by atoms with Crippen LogP contribution < -0.4 is 4.74 Å². The second-order valence-corrected chi connectivity index (χ2v) is 6.77. The molecule has 0 bridgehead atoms. The molecule has 27 heavy (non-hydrogen) atoms. The van der Waals surface area contributed by atoms with Crippen LogP contribution in [0.4, 0.5) is 0 Å². The van der Waals surface area contributed by atoms with Gasteiger partial charge in [-0.15, -0.1) is 0 Å². The molecule has 1 N–H and O–H groups in total. The number of Topliss-reactive ketones (excluding diaryl/α,β-unsaturated/α-hetero) is 2. The number of aliphatic hydroxyl groups is 1. The summed E-state index contributed by atoms with van der Waals surface area (Å²) in [4.78, 5) is 23.9. The predicted octanol–water partition coefficient (Wildman–Crippen LogP) is 4.14. The van der Waals surface area contributed by atoms with Gasteiger partial charge in [-0.05, 0) is 62.7 Å². The topological polar surface area (TPSA) is 72.8 Å². The van der Waals surface area contributed by atoms with E-state index in [2.05, 4.69) is 0 Å². The molecule has 0 aliphatic heterocycles. The van der Waals surface area contributed by atoms with Crippen LogP contribution in [0.25, 0.3) is 0 Å². The Morgan fingerprint density at radius 2 is 1.56 bits per heavy atom. The molecular formula is C22H26O5. The van der Waals surface area contributed by atoms with E-state index in [0.29, 0.717) is 23.7 Å². The van der Waals surface area contributed by atoms with Crippen LogP contribution in [0.1, 0.15) is 49.5 Å². The summed E-state index contributed by atoms with van der Waals surface area (Å²) >= 11 is 0. The molecular weight excluding hydrogens is 344 g/mol. The summed E-state index contributed by atoms with van der Waals surface area (Å²) in [6.07, 6.45) is 0. The summed E-state index contributed by atoms with van der Waals surface area (Å²) in [6.45, 7) is 7.07. The van der Waals surface area contributed by atoms with E-state index in [1.807, 2.05) is 19.1 Å². The van der Waals surface area contributed by atoms with Crippen LogP contribution >= 0.6 is 0 Å². The fraction of sp³-hybridized carbons (Fsp3) is 0.364. The van der Waals surface area contributed by atoms with Crippen molar-refractivity contribution in [3.8, 4) is 11.5 Å². The normalized spacial score (nSPS) is 14.3. The molecule has 0 heterocycles. The lowest BCUT2D eigenvalue weighted by Crippen LogP contribution is -2.40. The lowest BCUT2D eigenvalue weighted by Gasteiger charge is -2.21. The molecule has 0 amide bonds. The largest absolute Gasteiger partial charge is 0.457 e. The highest BCUT2D eigenvalue weighted by atomic mass is 16.5. The third-order valence-electron chi connectivity index (χ3n) is 4.42. The first-order chi connectivity index (χ1) is 12.7. The van der Waals surface area contributed by atoms with Crippen molar-refractivity contribution in [1.29, 1.82) is 0 Å². The maximum absolute atomic E-state index is 12.4. The van der Waals surface area contributed by atoms with Gasteiger partial charge in [0.1, 0.15) is 22.9 Å². The van der Waals surface area contributed by atoms with Crippen molar-refractivity contribution in [1.82, 2.24) is 0 Å². The number of carbonyl (C=O) groups excluding carboxylic acids is 2. The monoisotopic (exact) mass is 370 g/mol. The van der Waals surface area contributed by atoms with Gasteiger partial charge in [0.15, 0.2) is 5.78 Å². The minimum Gasteiger partial charge on any atom is -0.457 e. The number of hydrogen-bond donors (Lipinski definition) is 1. The van der Waals surface area contributed by atoms with Crippen molar-refractivity contribution in [2.24, 2.45) is 0 Å². The molecule has 0 saturated carbocycles. The smallest absolute Gasteiger partial charge is 0.196 e. The molecule has 2 aromatic rings. The summed E-state index contributed by atoms with van der Waals surface area (Å²) < 4.78 is 10.9. The van der Waals surface area contributed by atoms with Crippen molar-refractivity contribution < 1.29 is 24.2 Å². The van der Waals surface area contributed by atoms with E-state index in [0.717, 1.165) is 5.56 Å². The molecule has 0 radical (unpaired) electrons. The third kappa shape index (κ3) is 5.49. The zero-order valence-corrected chi connectivity index (χ0v) is 16.2. The van der Waals surface area contributed by atoms with Gasteiger partial charge in [0, 0.05) is 18.1 Å². The summed E-state index contributed by atoms with van der Waals surface area (Å²) in [5, 5.41) is 10.3. The maximum Gasteiger partial charge on any atom is 0.196 e. The highest BCUT2D eigenvalue weighted by Crippen LogP contribution is 2.25. The second kappa shape index (κ2) is 8.93. The number of ketones is 2. The summed E-state index contributed by atoms with van der Waals surface area (Å²) in [6, 6.07) is 13.9. The maximum atomic E-state index is 12.4. The Hall–Kier alpha value is -2.50. The minimum atomic E-state index is -1.57. The van der Waals surface area contributed by atoms with Crippen LogP contribution in [0.5, 0.6) is 11.5 Å². The number of rotatable bonds is 9. The fourth-order valence-corrected chi connectivity index (χ4v) is 2.55. The number of benzene rings is 2. The molecule has 0 fully saturated rings. The first-order valence-corrected chi connectivity index (χ1v) is 8.98. The molecule has 5 heteroatoms. The van der Waals surface area contributed by atoms with Gasteiger partial charge in [-0.1, -0.05) is 19.1 Å². The van der Waals surface area contributed by atoms with Gasteiger partial charge >= 0.3 is 0 Å². The van der Waals surface area contributed by atoms with Gasteiger partial charge < -0.3 is 14.6 Å². The standard InChI is InChI=1S/C22H26O5/c1-5-26-14-22(4,25)21(24)18-8-12-20(13-9-18)27-19-10-6-17(7-11-19)15(2)16(3)23/h6-13,15,25H,5,14H2,1-4H3. The highest BCUT2D eigenvalue weighted by molar-refractivity contribution is 6.02. The minimum absolute atomic E-state index is 0.0500. The summed E-state index contributed by atoms with van der Waals surface area (Å²) in [5.74, 6) is 0.781. The van der Waals surface area contributed by atoms with Gasteiger partial charge in [0.2, 0.25) is 0 Å². The average Bonchev–Trinajstić information content (AvgIpc) is 2.66. The van der Waals surface area contributed by atoms with E-state index in [1.54, 1.807) is 50.2 Å². The third-order valence-corrected chi connectivity index (χ3v) is 4.42. The summed E-state index contributed by atoms with van der Waals surface area (Å²) in [7, 11) is 0. The van der Waals surface area contributed by atoms with Crippen LogP contribution in [-0.2, 0) is 9.53 Å². The predicted molar refractivity (Wildman–Crippen MR) is 104 cm³/mol. The molecule has 0 aliphatic rings. The molecule has 0 aliphatic carbocycles. The average molecular weight is 370 g/mol. The van der Waals surface area contributed by atoms with Gasteiger partial charge in [-0.25, -0.2) is 0 Å². The quantitative estimate of drug-likeness (QED) is 0.672. The Labute approximate surface area is 159 Å². The molecule has 0 spiro atoms. The molecule has 0 aromatic heterocycles. The van der Waals surface area contributed by atoms with Crippen LogP contribution in [0.2, 0.25) is 0 Å². The fourth-order valence-electron chi connectivity index (χ4n) is 2.55. The molecule has 2 unspecified atom stereocenters. The van der Waals surface area contributed by atoms with Crippen LogP contribution in [0.3, 0.4) is 0 Å². The van der Waals surface area contributed by atoms with Crippen LogP contribution in [0.15, 0.2) is 48.5 Å². The van der Waals surface area contributed by atoms with Crippen LogP contribution in [0, 0.1) is 0 Å². The number of carbonyl (C=O) groups is 2. The Balaban J connectivity index is 2.05. The first-order valence-electron chi connectivity index (χ1n) is 8.98. The summed E-state index contributed by atoms with van der Waals surface area (Å²) in [5.41, 5.74) is -0.244. The SMILES string of the molecule is CCOCC(C)(O)C(=O)c1ccc(Oc2ccc(C(C)C(C)=O)cc2)cc1. The Kier molecular flexibility index (Phi) is 6.88. The van der Waals surface area contributed by atoms with Crippen LogP contribution in [-0.4, -0.2) is 35.5 Å². The lowest BCUT2D eigenvalue weighted by molar-refractivity contribution is -0.118. The Morgan fingerprint density at radius 1 is 1.04 bits per heavy atom. The molecule has 144 valence electrons. The number of hydrogen-bond acceptors (Lipinski definition) is 5. The van der Waals surface area contributed by atoms with Crippen molar-refractivity contribution >= 4 is 11.6 Å². The zero-order valence-electron chi connectivity index (χ0n) is 16.2.